The van der Waals surface area contributed by atoms with Gasteiger partial charge in [0.1, 0.15) is 0 Å². The molecule has 1 N–H and O–H groups in total. The van der Waals surface area contributed by atoms with E-state index in [0.717, 1.165) is 18.0 Å². The minimum absolute atomic E-state index is 0.725. The summed E-state index contributed by atoms with van der Waals surface area (Å²) in [5.74, 6) is 0.880. The van der Waals surface area contributed by atoms with Crippen LogP contribution in [0.3, 0.4) is 0 Å². The smallest absolute Gasteiger partial charge is 0.0229 e. The third-order valence-electron chi connectivity index (χ3n) is 4.16. The van der Waals surface area contributed by atoms with Crippen LogP contribution in [-0.2, 0) is 0 Å². The lowest BCUT2D eigenvalue weighted by atomic mass is 10.0. The fourth-order valence-corrected chi connectivity index (χ4v) is 2.89. The Kier molecular flexibility index (Phi) is 3.65. The minimum Gasteiger partial charge on any atom is -0.314 e. The van der Waals surface area contributed by atoms with Crippen molar-refractivity contribution in [2.24, 2.45) is 5.92 Å². The summed E-state index contributed by atoms with van der Waals surface area (Å²) in [4.78, 5) is 5.02. The molecule has 0 amide bonds. The van der Waals surface area contributed by atoms with Crippen LogP contribution < -0.4 is 5.32 Å². The second kappa shape index (κ2) is 4.81. The molecule has 2 heterocycles. The van der Waals surface area contributed by atoms with Gasteiger partial charge < -0.3 is 15.1 Å². The van der Waals surface area contributed by atoms with E-state index >= 15 is 0 Å². The standard InChI is InChI=1S/C12H25N3/c1-10-11(4-6-13-10)8-15-7-5-12(9-15)14(2)3/h10-13H,4-9H2,1-3H3. The number of hydrogen-bond donors (Lipinski definition) is 1. The molecule has 2 rings (SSSR count). The average molecular weight is 211 g/mol. The normalized spacial score (nSPS) is 38.0. The number of likely N-dealkylation sites (tertiary alicyclic amines) is 1. The SMILES string of the molecule is CC1NCCC1CN1CCC(N(C)C)C1. The Labute approximate surface area is 93.8 Å². The molecule has 2 aliphatic heterocycles. The molecule has 3 heteroatoms. The molecule has 2 fully saturated rings. The molecule has 3 atom stereocenters. The van der Waals surface area contributed by atoms with Gasteiger partial charge in [-0.05, 0) is 52.9 Å². The van der Waals surface area contributed by atoms with Gasteiger partial charge in [-0.15, -0.1) is 0 Å². The maximum Gasteiger partial charge on any atom is 0.0229 e. The molecule has 0 bridgehead atoms. The van der Waals surface area contributed by atoms with E-state index in [1.54, 1.807) is 0 Å². The third-order valence-corrected chi connectivity index (χ3v) is 4.16. The molecule has 3 unspecified atom stereocenters. The fraction of sp³-hybridized carbons (Fsp3) is 1.00. The van der Waals surface area contributed by atoms with Crippen LogP contribution in [0.4, 0.5) is 0 Å². The summed E-state index contributed by atoms with van der Waals surface area (Å²) in [6, 6.07) is 1.51. The summed E-state index contributed by atoms with van der Waals surface area (Å²) in [7, 11) is 4.40. The van der Waals surface area contributed by atoms with Gasteiger partial charge in [0.25, 0.3) is 0 Å². The molecule has 0 radical (unpaired) electrons. The van der Waals surface area contributed by atoms with Crippen LogP contribution in [0, 0.1) is 5.92 Å². The van der Waals surface area contributed by atoms with Crippen LogP contribution in [0.5, 0.6) is 0 Å². The van der Waals surface area contributed by atoms with Crippen molar-refractivity contribution in [1.82, 2.24) is 15.1 Å². The van der Waals surface area contributed by atoms with E-state index in [9.17, 15) is 0 Å². The molecule has 0 aliphatic carbocycles. The molecule has 0 spiro atoms. The minimum atomic E-state index is 0.725. The van der Waals surface area contributed by atoms with Crippen LogP contribution in [0.15, 0.2) is 0 Å². The van der Waals surface area contributed by atoms with Gasteiger partial charge in [-0.1, -0.05) is 0 Å². The van der Waals surface area contributed by atoms with Crippen molar-refractivity contribution < 1.29 is 0 Å². The zero-order chi connectivity index (χ0) is 10.8. The highest BCUT2D eigenvalue weighted by Gasteiger charge is 2.29. The van der Waals surface area contributed by atoms with Crippen LogP contribution >= 0.6 is 0 Å². The lowest BCUT2D eigenvalue weighted by Crippen LogP contribution is -2.36. The predicted molar refractivity (Wildman–Crippen MR) is 64.1 cm³/mol. The molecule has 2 aliphatic rings. The van der Waals surface area contributed by atoms with Crippen molar-refractivity contribution in [1.29, 1.82) is 0 Å². The Morgan fingerprint density at radius 3 is 2.67 bits per heavy atom. The monoisotopic (exact) mass is 211 g/mol. The molecule has 0 aromatic heterocycles. The van der Waals surface area contributed by atoms with Crippen molar-refractivity contribution >= 4 is 0 Å². The number of rotatable bonds is 3. The van der Waals surface area contributed by atoms with E-state index in [0.29, 0.717) is 0 Å². The van der Waals surface area contributed by atoms with Gasteiger partial charge in [0.2, 0.25) is 0 Å². The van der Waals surface area contributed by atoms with Gasteiger partial charge in [0.15, 0.2) is 0 Å². The molecular weight excluding hydrogens is 186 g/mol. The summed E-state index contributed by atoms with van der Waals surface area (Å²) in [6.07, 6.45) is 2.71. The summed E-state index contributed by atoms with van der Waals surface area (Å²) < 4.78 is 0. The van der Waals surface area contributed by atoms with E-state index in [4.69, 9.17) is 0 Å². The Morgan fingerprint density at radius 2 is 2.13 bits per heavy atom. The zero-order valence-corrected chi connectivity index (χ0v) is 10.4. The van der Waals surface area contributed by atoms with Crippen molar-refractivity contribution in [3.8, 4) is 0 Å². The first-order valence-corrected chi connectivity index (χ1v) is 6.29. The van der Waals surface area contributed by atoms with E-state index < -0.39 is 0 Å². The molecule has 2 saturated heterocycles. The Bertz CT molecular complexity index is 205. The van der Waals surface area contributed by atoms with Crippen molar-refractivity contribution in [3.63, 3.8) is 0 Å². The zero-order valence-electron chi connectivity index (χ0n) is 10.4. The number of likely N-dealkylation sites (N-methyl/N-ethyl adjacent to an activating group) is 1. The molecule has 3 nitrogen and oxygen atoms in total. The highest BCUT2D eigenvalue weighted by Crippen LogP contribution is 2.20. The second-order valence-electron chi connectivity index (χ2n) is 5.46. The number of nitrogens with zero attached hydrogens (tertiary/aromatic N) is 2. The quantitative estimate of drug-likeness (QED) is 0.738. The Morgan fingerprint density at radius 1 is 1.33 bits per heavy atom. The van der Waals surface area contributed by atoms with Crippen LogP contribution in [0.2, 0.25) is 0 Å². The molecule has 88 valence electrons. The van der Waals surface area contributed by atoms with Gasteiger partial charge in [-0.2, -0.15) is 0 Å². The molecular formula is C12H25N3. The van der Waals surface area contributed by atoms with Crippen molar-refractivity contribution in [3.05, 3.63) is 0 Å². The van der Waals surface area contributed by atoms with Crippen LogP contribution in [-0.4, -0.2) is 62.2 Å². The molecule has 0 saturated carbocycles. The number of hydrogen-bond acceptors (Lipinski definition) is 3. The van der Waals surface area contributed by atoms with Gasteiger partial charge in [-0.25, -0.2) is 0 Å². The highest BCUT2D eigenvalue weighted by molar-refractivity contribution is 4.87. The van der Waals surface area contributed by atoms with Gasteiger partial charge >= 0.3 is 0 Å². The van der Waals surface area contributed by atoms with E-state index in [2.05, 4.69) is 36.1 Å². The topological polar surface area (TPSA) is 18.5 Å². The van der Waals surface area contributed by atoms with Crippen LogP contribution in [0.25, 0.3) is 0 Å². The number of nitrogens with one attached hydrogen (secondary N) is 1. The summed E-state index contributed by atoms with van der Waals surface area (Å²) in [5, 5.41) is 3.54. The maximum atomic E-state index is 3.54. The predicted octanol–water partition coefficient (Wildman–Crippen LogP) is 0.620. The van der Waals surface area contributed by atoms with Crippen molar-refractivity contribution in [2.75, 3.05) is 40.3 Å². The summed E-state index contributed by atoms with van der Waals surface area (Å²) in [5.41, 5.74) is 0. The lowest BCUT2D eigenvalue weighted by molar-refractivity contribution is 0.236. The van der Waals surface area contributed by atoms with Gasteiger partial charge in [0, 0.05) is 25.2 Å². The first kappa shape index (κ1) is 11.4. The lowest BCUT2D eigenvalue weighted by Gasteiger charge is -2.24. The maximum absolute atomic E-state index is 3.54. The first-order valence-electron chi connectivity index (χ1n) is 6.29. The molecule has 0 aromatic rings. The van der Waals surface area contributed by atoms with Crippen LogP contribution in [0.1, 0.15) is 19.8 Å². The highest BCUT2D eigenvalue weighted by atomic mass is 15.2. The van der Waals surface area contributed by atoms with Gasteiger partial charge in [0.05, 0.1) is 0 Å². The third kappa shape index (κ3) is 2.71. The van der Waals surface area contributed by atoms with Gasteiger partial charge in [-0.3, -0.25) is 0 Å². The van der Waals surface area contributed by atoms with Crippen molar-refractivity contribution in [2.45, 2.75) is 31.8 Å². The summed E-state index contributed by atoms with van der Waals surface area (Å²) >= 11 is 0. The first-order chi connectivity index (χ1) is 7.16. The van der Waals surface area contributed by atoms with E-state index in [-0.39, 0.29) is 0 Å². The largest absolute Gasteiger partial charge is 0.314 e. The Balaban J connectivity index is 1.77. The average Bonchev–Trinajstić information content (AvgIpc) is 2.77. The molecule has 0 aromatic carbocycles. The fourth-order valence-electron chi connectivity index (χ4n) is 2.89. The Hall–Kier alpha value is -0.120. The second-order valence-corrected chi connectivity index (χ2v) is 5.46. The molecule has 15 heavy (non-hydrogen) atoms. The van der Waals surface area contributed by atoms with E-state index in [1.807, 2.05) is 0 Å². The summed E-state index contributed by atoms with van der Waals surface area (Å²) in [6.45, 7) is 7.43. The van der Waals surface area contributed by atoms with E-state index in [1.165, 1.54) is 39.0 Å².